The van der Waals surface area contributed by atoms with Gasteiger partial charge in [0, 0.05) is 25.3 Å². The zero-order valence-electron chi connectivity index (χ0n) is 11.4. The Morgan fingerprint density at radius 2 is 2.10 bits per heavy atom. The number of anilines is 1. The van der Waals surface area contributed by atoms with E-state index in [1.54, 1.807) is 18.2 Å². The Kier molecular flexibility index (Phi) is 5.42. The van der Waals surface area contributed by atoms with Crippen molar-refractivity contribution in [3.63, 3.8) is 0 Å². The normalized spacial score (nSPS) is 16.4. The van der Waals surface area contributed by atoms with Crippen LogP contribution in [0, 0.1) is 11.3 Å². The van der Waals surface area contributed by atoms with Gasteiger partial charge in [-0.2, -0.15) is 9.57 Å². The van der Waals surface area contributed by atoms with E-state index >= 15 is 0 Å². The van der Waals surface area contributed by atoms with Gasteiger partial charge in [-0.1, -0.05) is 11.6 Å². The van der Waals surface area contributed by atoms with Gasteiger partial charge >= 0.3 is 0 Å². The molecule has 0 radical (unpaired) electrons. The van der Waals surface area contributed by atoms with Crippen LogP contribution in [-0.4, -0.2) is 51.3 Å². The zero-order chi connectivity index (χ0) is 15.3. The second-order valence-corrected chi connectivity index (χ2v) is 7.06. The number of hydrogen-bond acceptors (Lipinski definition) is 5. The fraction of sp³-hybridized carbons (Fsp3) is 0.462. The van der Waals surface area contributed by atoms with Gasteiger partial charge in [-0.3, -0.25) is 0 Å². The van der Waals surface area contributed by atoms with Gasteiger partial charge < -0.3 is 10.1 Å². The van der Waals surface area contributed by atoms with Gasteiger partial charge in [-0.15, -0.1) is 0 Å². The molecule has 1 N–H and O–H groups in total. The number of rotatable bonds is 5. The molecule has 1 heterocycles. The van der Waals surface area contributed by atoms with Crippen LogP contribution >= 0.6 is 11.6 Å². The number of benzene rings is 1. The second-order valence-electron chi connectivity index (χ2n) is 4.56. The molecule has 0 unspecified atom stereocenters. The van der Waals surface area contributed by atoms with Crippen molar-refractivity contribution in [2.75, 3.05) is 43.9 Å². The minimum absolute atomic E-state index is 0.00458. The van der Waals surface area contributed by atoms with Gasteiger partial charge in [-0.25, -0.2) is 8.42 Å². The summed E-state index contributed by atoms with van der Waals surface area (Å²) in [6.45, 7) is 1.98. The third-order valence-electron chi connectivity index (χ3n) is 3.14. The summed E-state index contributed by atoms with van der Waals surface area (Å²) in [5.74, 6) is 0.00458. The lowest BCUT2D eigenvalue weighted by Crippen LogP contribution is -2.42. The Morgan fingerprint density at radius 3 is 2.71 bits per heavy atom. The van der Waals surface area contributed by atoms with Crippen molar-refractivity contribution in [3.8, 4) is 6.07 Å². The summed E-state index contributed by atoms with van der Waals surface area (Å²) in [7, 11) is -3.27. The molecule has 114 valence electrons. The number of morpholine rings is 1. The van der Waals surface area contributed by atoms with E-state index in [9.17, 15) is 8.42 Å². The van der Waals surface area contributed by atoms with Crippen LogP contribution in [0.5, 0.6) is 0 Å². The Balaban J connectivity index is 1.89. The summed E-state index contributed by atoms with van der Waals surface area (Å²) in [6.07, 6.45) is 0. The third-order valence-corrected chi connectivity index (χ3v) is 5.33. The molecular formula is C13H16ClN3O3S. The Morgan fingerprint density at radius 1 is 1.38 bits per heavy atom. The van der Waals surface area contributed by atoms with Gasteiger partial charge in [0.05, 0.1) is 29.6 Å². The summed E-state index contributed by atoms with van der Waals surface area (Å²) in [4.78, 5) is 0. The van der Waals surface area contributed by atoms with E-state index in [-0.39, 0.29) is 12.3 Å². The predicted octanol–water partition coefficient (Wildman–Crippen LogP) is 1.29. The molecule has 1 fully saturated rings. The zero-order valence-corrected chi connectivity index (χ0v) is 13.0. The van der Waals surface area contributed by atoms with Crippen molar-refractivity contribution in [2.24, 2.45) is 0 Å². The summed E-state index contributed by atoms with van der Waals surface area (Å²) >= 11 is 5.92. The molecule has 1 saturated heterocycles. The van der Waals surface area contributed by atoms with Crippen molar-refractivity contribution >= 4 is 27.3 Å². The molecule has 2 rings (SSSR count). The second kappa shape index (κ2) is 7.09. The number of nitriles is 1. The molecule has 1 aliphatic rings. The predicted molar refractivity (Wildman–Crippen MR) is 80.8 cm³/mol. The molecule has 0 atom stereocenters. The summed E-state index contributed by atoms with van der Waals surface area (Å²) in [6, 6.07) is 6.88. The van der Waals surface area contributed by atoms with Crippen molar-refractivity contribution < 1.29 is 13.2 Å². The van der Waals surface area contributed by atoms with E-state index in [0.717, 1.165) is 0 Å². The highest BCUT2D eigenvalue weighted by molar-refractivity contribution is 7.89. The topological polar surface area (TPSA) is 82.4 Å². The van der Waals surface area contributed by atoms with E-state index in [1.807, 2.05) is 6.07 Å². The van der Waals surface area contributed by atoms with Crippen LogP contribution in [0.1, 0.15) is 5.56 Å². The van der Waals surface area contributed by atoms with Gasteiger partial charge in [-0.05, 0) is 18.2 Å². The maximum absolute atomic E-state index is 12.1. The lowest BCUT2D eigenvalue weighted by Gasteiger charge is -2.26. The largest absolute Gasteiger partial charge is 0.384 e. The average molecular weight is 330 g/mol. The van der Waals surface area contributed by atoms with Crippen LogP contribution in [0.4, 0.5) is 5.69 Å². The van der Waals surface area contributed by atoms with E-state index < -0.39 is 10.0 Å². The number of nitrogens with one attached hydrogen (secondary N) is 1. The van der Waals surface area contributed by atoms with Crippen LogP contribution in [-0.2, 0) is 14.8 Å². The van der Waals surface area contributed by atoms with Gasteiger partial charge in [0.2, 0.25) is 10.0 Å². The lowest BCUT2D eigenvalue weighted by atomic mass is 10.2. The van der Waals surface area contributed by atoms with E-state index in [0.29, 0.717) is 42.6 Å². The fourth-order valence-electron chi connectivity index (χ4n) is 1.99. The van der Waals surface area contributed by atoms with E-state index in [2.05, 4.69) is 5.32 Å². The number of sulfonamides is 1. The highest BCUT2D eigenvalue weighted by atomic mass is 35.5. The summed E-state index contributed by atoms with van der Waals surface area (Å²) in [5, 5.41) is 12.1. The first-order valence-corrected chi connectivity index (χ1v) is 8.51. The molecule has 0 aromatic heterocycles. The monoisotopic (exact) mass is 329 g/mol. The molecule has 0 spiro atoms. The van der Waals surface area contributed by atoms with Crippen molar-refractivity contribution in [1.82, 2.24) is 4.31 Å². The summed E-state index contributed by atoms with van der Waals surface area (Å²) < 4.78 is 30.8. The Hall–Kier alpha value is -1.33. The summed E-state index contributed by atoms with van der Waals surface area (Å²) in [5.41, 5.74) is 1.08. The molecule has 0 amide bonds. The smallest absolute Gasteiger partial charge is 0.215 e. The Labute approximate surface area is 129 Å². The maximum Gasteiger partial charge on any atom is 0.215 e. The lowest BCUT2D eigenvalue weighted by molar-refractivity contribution is 0.0731. The van der Waals surface area contributed by atoms with Gasteiger partial charge in [0.25, 0.3) is 0 Å². The van der Waals surface area contributed by atoms with Crippen LogP contribution < -0.4 is 5.32 Å². The minimum atomic E-state index is -3.27. The highest BCUT2D eigenvalue weighted by Crippen LogP contribution is 2.20. The van der Waals surface area contributed by atoms with Crippen LogP contribution in [0.2, 0.25) is 5.02 Å². The SMILES string of the molecule is N#Cc1ccc(NCCS(=O)(=O)N2CCOCC2)cc1Cl. The van der Waals surface area contributed by atoms with Crippen molar-refractivity contribution in [1.29, 1.82) is 5.26 Å². The highest BCUT2D eigenvalue weighted by Gasteiger charge is 2.23. The molecule has 0 saturated carbocycles. The van der Waals surface area contributed by atoms with E-state index in [1.165, 1.54) is 4.31 Å². The Bertz CT molecular complexity index is 637. The number of hydrogen-bond donors (Lipinski definition) is 1. The first-order valence-electron chi connectivity index (χ1n) is 6.52. The van der Waals surface area contributed by atoms with Gasteiger partial charge in [0.1, 0.15) is 6.07 Å². The molecule has 1 aliphatic heterocycles. The molecule has 1 aromatic rings. The van der Waals surface area contributed by atoms with Crippen LogP contribution in [0.15, 0.2) is 18.2 Å². The first-order chi connectivity index (χ1) is 10.0. The fourth-order valence-corrected chi connectivity index (χ4v) is 3.54. The number of nitrogens with zero attached hydrogens (tertiary/aromatic N) is 2. The van der Waals surface area contributed by atoms with Crippen molar-refractivity contribution in [2.45, 2.75) is 0 Å². The molecule has 0 aliphatic carbocycles. The van der Waals surface area contributed by atoms with Crippen molar-refractivity contribution in [3.05, 3.63) is 28.8 Å². The number of ether oxygens (including phenoxy) is 1. The van der Waals surface area contributed by atoms with E-state index in [4.69, 9.17) is 21.6 Å². The van der Waals surface area contributed by atoms with Crippen LogP contribution in [0.3, 0.4) is 0 Å². The molecule has 6 nitrogen and oxygen atoms in total. The molecule has 8 heteroatoms. The average Bonchev–Trinajstić information content (AvgIpc) is 2.48. The van der Waals surface area contributed by atoms with Gasteiger partial charge in [0.15, 0.2) is 0 Å². The van der Waals surface area contributed by atoms with Crippen LogP contribution in [0.25, 0.3) is 0 Å². The quantitative estimate of drug-likeness (QED) is 0.880. The molecule has 21 heavy (non-hydrogen) atoms. The maximum atomic E-state index is 12.1. The minimum Gasteiger partial charge on any atom is -0.384 e. The standard InChI is InChI=1S/C13H16ClN3O3S/c14-13-9-12(2-1-11(13)10-15)16-3-8-21(18,19)17-4-6-20-7-5-17/h1-2,9,16H,3-8H2. The molecular weight excluding hydrogens is 314 g/mol. The molecule has 1 aromatic carbocycles. The number of halogens is 1. The first kappa shape index (κ1) is 16.0. The molecule has 0 bridgehead atoms. The third kappa shape index (κ3) is 4.32.